The summed E-state index contributed by atoms with van der Waals surface area (Å²) in [6.07, 6.45) is 1.24. The van der Waals surface area contributed by atoms with Gasteiger partial charge in [-0.1, -0.05) is 0 Å². The number of amides is 1. The van der Waals surface area contributed by atoms with Crippen LogP contribution in [0.4, 0.5) is 5.69 Å². The minimum absolute atomic E-state index is 0.0197. The SMILES string of the molecule is C=C(C(=O)c1cc(NC(=O)CCC)ccc1O)[C]12[CH]3[CH]4[CH]5[CH]1[Fe]45321678[CH]2[CH]1[CH]6[CH]7[CH]28. The van der Waals surface area contributed by atoms with Gasteiger partial charge < -0.3 is 0 Å². The maximum absolute atomic E-state index is 13.6. The molecule has 0 saturated carbocycles. The molecule has 10 heterocycles. The first-order valence-corrected chi connectivity index (χ1v) is 17.1. The van der Waals surface area contributed by atoms with Gasteiger partial charge in [0.15, 0.2) is 0 Å². The molecule has 2 N–H and O–H groups in total. The number of allylic oxidation sites excluding steroid dienone is 1. The summed E-state index contributed by atoms with van der Waals surface area (Å²) in [7, 11) is 0. The van der Waals surface area contributed by atoms with Crippen molar-refractivity contribution in [2.75, 3.05) is 5.32 Å². The van der Waals surface area contributed by atoms with Crippen LogP contribution in [0.25, 0.3) is 0 Å². The van der Waals surface area contributed by atoms with E-state index in [2.05, 4.69) is 11.9 Å². The monoisotopic (exact) mass is 417 g/mol. The van der Waals surface area contributed by atoms with Gasteiger partial charge in [-0.3, -0.25) is 0 Å². The predicted molar refractivity (Wildman–Crippen MR) is 102 cm³/mol. The summed E-state index contributed by atoms with van der Waals surface area (Å²) in [6, 6.07) is 4.88. The van der Waals surface area contributed by atoms with Crippen LogP contribution in [-0.2, 0) is 11.3 Å². The van der Waals surface area contributed by atoms with Crippen molar-refractivity contribution in [1.82, 2.24) is 0 Å². The molecular weight excluding hydrogens is 394 g/mol. The summed E-state index contributed by atoms with van der Waals surface area (Å²) < 4.78 is 0.310. The van der Waals surface area contributed by atoms with E-state index in [1.54, 1.807) is 18.2 Å². The van der Waals surface area contributed by atoms with Crippen molar-refractivity contribution in [2.45, 2.75) is 67.4 Å². The third kappa shape index (κ3) is 0.222. The van der Waals surface area contributed by atoms with Gasteiger partial charge in [-0.2, -0.15) is 0 Å². The van der Waals surface area contributed by atoms with Gasteiger partial charge in [0.05, 0.1) is 0 Å². The molecule has 5 heteroatoms. The number of rotatable bonds is 6. The van der Waals surface area contributed by atoms with Crippen molar-refractivity contribution in [3.05, 3.63) is 35.9 Å². The average Bonchev–Trinajstić information content (AvgIpc) is 3.61. The zero-order valence-corrected chi connectivity index (χ0v) is 16.8. The normalized spacial score (nSPS) is 76.4. The van der Waals surface area contributed by atoms with Gasteiger partial charge in [0.2, 0.25) is 0 Å². The van der Waals surface area contributed by atoms with E-state index in [0.29, 0.717) is 22.0 Å². The Bertz CT molecular complexity index is 1480. The molecule has 4 atom stereocenters. The first-order chi connectivity index (χ1) is 13.2. The molecule has 1 amide bonds. The Kier molecular flexibility index (Phi) is 0.691. The molecule has 1 spiro atoms. The van der Waals surface area contributed by atoms with Gasteiger partial charge in [0.25, 0.3) is 0 Å². The molecule has 10 fully saturated rings. The Labute approximate surface area is 153 Å². The van der Waals surface area contributed by atoms with Crippen LogP contribution >= 0.6 is 0 Å². The second kappa shape index (κ2) is 1.50. The quantitative estimate of drug-likeness (QED) is 0.273. The zero-order chi connectivity index (χ0) is 18.7. The fourth-order valence-corrected chi connectivity index (χ4v) is 92.9. The van der Waals surface area contributed by atoms with Gasteiger partial charge in [-0.15, -0.1) is 0 Å². The van der Waals surface area contributed by atoms with E-state index in [9.17, 15) is 14.7 Å². The van der Waals surface area contributed by atoms with Crippen molar-refractivity contribution >= 4 is 17.4 Å². The van der Waals surface area contributed by atoms with Crippen LogP contribution in [-0.4, -0.2) is 16.8 Å². The molecule has 0 aliphatic carbocycles. The summed E-state index contributed by atoms with van der Waals surface area (Å²) in [6.45, 7) is 3.00. The van der Waals surface area contributed by atoms with Crippen LogP contribution in [0.1, 0.15) is 30.1 Å². The fourth-order valence-electron chi connectivity index (χ4n) is 18.6. The van der Waals surface area contributed by atoms with Gasteiger partial charge >= 0.3 is 153 Å². The molecule has 10 aliphatic heterocycles. The van der Waals surface area contributed by atoms with E-state index in [-0.39, 0.29) is 17.4 Å². The van der Waals surface area contributed by atoms with Crippen LogP contribution in [0.5, 0.6) is 5.75 Å². The molecule has 0 radical (unpaired) electrons. The number of benzene rings is 1. The number of Topliss-reactive ketones (excluding diaryl/α,β-unsaturated/α-hetero) is 1. The van der Waals surface area contributed by atoms with E-state index in [1.165, 1.54) is 0 Å². The Hall–Kier alpha value is -1.58. The standard InChI is InChI=1S/C18H18NO3.C5H5.Fe/c1-3-6-17(21)19-14-9-10-16(20)15(11-14)18(22)12(2)13-7-4-5-8-13;1-2-4-5-3-1;/h4-5,7-11,20H,2-3,6H2,1H3,(H,19,21);1-5H;. The molecule has 28 heavy (non-hydrogen) atoms. The number of nitrogens with one attached hydrogen (secondary N) is 1. The Morgan fingerprint density at radius 2 is 1.71 bits per heavy atom. The predicted octanol–water partition coefficient (Wildman–Crippen LogP) is 5.63. The second-order valence-electron chi connectivity index (χ2n) is 13.5. The summed E-state index contributed by atoms with van der Waals surface area (Å²) in [4.78, 5) is 35.5. The third-order valence-corrected chi connectivity index (χ3v) is 59.8. The molecule has 10 aliphatic rings. The Morgan fingerprint density at radius 1 is 1.11 bits per heavy atom. The Balaban J connectivity index is 1.05. The minimum atomic E-state index is -3.43. The van der Waals surface area contributed by atoms with Crippen molar-refractivity contribution < 1.29 is 21.2 Å². The number of fused-ring (bicyclic) bond motifs is 10. The molecule has 4 unspecified atom stereocenters. The number of phenolic OH excluding ortho intramolecular Hbond substituents is 1. The van der Waals surface area contributed by atoms with Crippen LogP contribution in [0.2, 0.25) is 47.7 Å². The molecule has 4 nitrogen and oxygen atoms in total. The number of carbonyl (C=O) groups excluding carboxylic acids is 2. The van der Waals surface area contributed by atoms with Gasteiger partial charge in [0, 0.05) is 0 Å². The molecule has 146 valence electrons. The van der Waals surface area contributed by atoms with Crippen LogP contribution < -0.4 is 5.32 Å². The summed E-state index contributed by atoms with van der Waals surface area (Å²) in [5.41, 5.74) is 1.83. The van der Waals surface area contributed by atoms with E-state index >= 15 is 0 Å². The number of carbonyl (C=O) groups is 2. The molecule has 1 aromatic rings. The first kappa shape index (κ1) is 12.9. The molecule has 11 rings (SSSR count). The van der Waals surface area contributed by atoms with E-state index in [4.69, 9.17) is 0 Å². The summed E-state index contributed by atoms with van der Waals surface area (Å²) in [5, 5.41) is 13.3. The van der Waals surface area contributed by atoms with Crippen molar-refractivity contribution in [3.63, 3.8) is 0 Å². The number of anilines is 1. The van der Waals surface area contributed by atoms with E-state index in [1.807, 2.05) is 6.92 Å². The Morgan fingerprint density at radius 3 is 2.18 bits per heavy atom. The van der Waals surface area contributed by atoms with Crippen molar-refractivity contribution in [1.29, 1.82) is 0 Å². The third-order valence-electron chi connectivity index (χ3n) is 17.4. The molecule has 0 aromatic heterocycles. The maximum atomic E-state index is 13.6. The number of hydrogen-bond acceptors (Lipinski definition) is 3. The van der Waals surface area contributed by atoms with Crippen molar-refractivity contribution in [3.8, 4) is 5.75 Å². The van der Waals surface area contributed by atoms with Gasteiger partial charge in [0.1, 0.15) is 0 Å². The topological polar surface area (TPSA) is 66.4 Å². The van der Waals surface area contributed by atoms with Crippen LogP contribution in [0.15, 0.2) is 30.4 Å². The number of aromatic hydroxyl groups is 1. The zero-order valence-electron chi connectivity index (χ0n) is 15.7. The van der Waals surface area contributed by atoms with E-state index in [0.717, 1.165) is 55.3 Å². The molecule has 1 aromatic carbocycles. The number of phenols is 1. The van der Waals surface area contributed by atoms with Crippen LogP contribution in [0.3, 0.4) is 0 Å². The number of hydrogen-bond donors (Lipinski definition) is 2. The first-order valence-electron chi connectivity index (χ1n) is 10.8. The fraction of sp³-hybridized carbons (Fsp3) is 0.565. The van der Waals surface area contributed by atoms with Gasteiger partial charge in [-0.05, 0) is 0 Å². The number of ketones is 1. The molecular formula is C23H23FeNO3. The van der Waals surface area contributed by atoms with Gasteiger partial charge in [-0.25, -0.2) is 0 Å². The molecule has 10 saturated heterocycles. The average molecular weight is 417 g/mol. The second-order valence-corrected chi connectivity index (χ2v) is 37.1. The molecule has 0 bridgehead atoms. The summed E-state index contributed by atoms with van der Waals surface area (Å²) >= 11 is 0. The van der Waals surface area contributed by atoms with E-state index < -0.39 is 6.51 Å². The summed E-state index contributed by atoms with van der Waals surface area (Å²) in [5.74, 6) is -0.0645. The van der Waals surface area contributed by atoms with Crippen molar-refractivity contribution in [2.24, 2.45) is 0 Å². The van der Waals surface area contributed by atoms with Crippen LogP contribution in [0, 0.1) is 0 Å².